The fourth-order valence-corrected chi connectivity index (χ4v) is 4.93. The number of nitrogens with zero attached hydrogens (tertiary/aromatic N) is 2. The van der Waals surface area contributed by atoms with E-state index in [2.05, 4.69) is 9.97 Å². The predicted molar refractivity (Wildman–Crippen MR) is 92.6 cm³/mol. The first kappa shape index (κ1) is 15.5. The van der Waals surface area contributed by atoms with Gasteiger partial charge in [-0.05, 0) is 24.6 Å². The van der Waals surface area contributed by atoms with E-state index in [0.29, 0.717) is 6.42 Å². The van der Waals surface area contributed by atoms with E-state index >= 15 is 0 Å². The standard InChI is InChI=1S/C17H13FN2O2S2/c1-9-6-13(17(21)22-9)24-16-14-12(7-23-15(14)19-8-20-16)10-2-4-11(18)5-3-10/h2-5,7-9,13H,6H2,1H3. The van der Waals surface area contributed by atoms with Gasteiger partial charge in [0.25, 0.3) is 0 Å². The Morgan fingerprint density at radius 3 is 2.79 bits per heavy atom. The second-order valence-electron chi connectivity index (χ2n) is 5.60. The van der Waals surface area contributed by atoms with Gasteiger partial charge in [0, 0.05) is 17.4 Å². The van der Waals surface area contributed by atoms with Crippen molar-refractivity contribution in [2.24, 2.45) is 0 Å². The lowest BCUT2D eigenvalue weighted by molar-refractivity contribution is -0.140. The molecule has 0 radical (unpaired) electrons. The van der Waals surface area contributed by atoms with Gasteiger partial charge < -0.3 is 4.74 Å². The Bertz CT molecular complexity index is 911. The quantitative estimate of drug-likeness (QED) is 0.515. The van der Waals surface area contributed by atoms with Gasteiger partial charge in [0.2, 0.25) is 0 Å². The Kier molecular flexibility index (Phi) is 3.97. The molecule has 2 unspecified atom stereocenters. The van der Waals surface area contributed by atoms with Crippen LogP contribution in [0.1, 0.15) is 13.3 Å². The molecule has 1 saturated heterocycles. The Balaban J connectivity index is 1.77. The Morgan fingerprint density at radius 1 is 1.29 bits per heavy atom. The SMILES string of the molecule is CC1CC(Sc2ncnc3scc(-c4ccc(F)cc4)c23)C(=O)O1. The maximum atomic E-state index is 13.2. The number of esters is 1. The summed E-state index contributed by atoms with van der Waals surface area (Å²) in [6.07, 6.45) is 2.12. The summed E-state index contributed by atoms with van der Waals surface area (Å²) in [5.74, 6) is -0.468. The molecule has 4 rings (SSSR count). The maximum Gasteiger partial charge on any atom is 0.319 e. The minimum absolute atomic E-state index is 0.0635. The van der Waals surface area contributed by atoms with Crippen LogP contribution in [0.4, 0.5) is 4.39 Å². The highest BCUT2D eigenvalue weighted by Gasteiger charge is 2.33. The molecule has 24 heavy (non-hydrogen) atoms. The molecule has 0 N–H and O–H groups in total. The van der Waals surface area contributed by atoms with Crippen molar-refractivity contribution < 1.29 is 13.9 Å². The maximum absolute atomic E-state index is 13.2. The van der Waals surface area contributed by atoms with E-state index in [4.69, 9.17) is 4.74 Å². The fraction of sp³-hybridized carbons (Fsp3) is 0.235. The fourth-order valence-electron chi connectivity index (χ4n) is 2.73. The molecule has 1 aliphatic rings. The summed E-state index contributed by atoms with van der Waals surface area (Å²) in [4.78, 5) is 21.5. The summed E-state index contributed by atoms with van der Waals surface area (Å²) in [7, 11) is 0. The van der Waals surface area contributed by atoms with Crippen LogP contribution in [0.15, 0.2) is 41.0 Å². The van der Waals surface area contributed by atoms with Crippen LogP contribution >= 0.6 is 23.1 Å². The van der Waals surface area contributed by atoms with Crippen LogP contribution < -0.4 is 0 Å². The summed E-state index contributed by atoms with van der Waals surface area (Å²) in [6.45, 7) is 1.89. The van der Waals surface area contributed by atoms with Gasteiger partial charge in [-0.2, -0.15) is 0 Å². The Labute approximate surface area is 146 Å². The number of ether oxygens (including phenoxy) is 1. The van der Waals surface area contributed by atoms with Gasteiger partial charge >= 0.3 is 5.97 Å². The first-order valence-electron chi connectivity index (χ1n) is 7.47. The first-order valence-corrected chi connectivity index (χ1v) is 9.23. The van der Waals surface area contributed by atoms with Crippen molar-refractivity contribution >= 4 is 39.3 Å². The summed E-state index contributed by atoms with van der Waals surface area (Å²) in [5, 5.41) is 3.41. The van der Waals surface area contributed by atoms with E-state index in [9.17, 15) is 9.18 Å². The lowest BCUT2D eigenvalue weighted by Gasteiger charge is -2.07. The summed E-state index contributed by atoms with van der Waals surface area (Å²) in [6, 6.07) is 6.35. The third-order valence-corrected chi connectivity index (χ3v) is 5.96. The molecular formula is C17H13FN2O2S2. The highest BCUT2D eigenvalue weighted by Crippen LogP contribution is 2.40. The zero-order valence-electron chi connectivity index (χ0n) is 12.7. The van der Waals surface area contributed by atoms with E-state index in [-0.39, 0.29) is 23.1 Å². The highest BCUT2D eigenvalue weighted by atomic mass is 32.2. The van der Waals surface area contributed by atoms with Crippen molar-refractivity contribution in [3.05, 3.63) is 41.8 Å². The third kappa shape index (κ3) is 2.78. The number of fused-ring (bicyclic) bond motifs is 1. The second-order valence-corrected chi connectivity index (χ2v) is 7.65. The topological polar surface area (TPSA) is 52.1 Å². The van der Waals surface area contributed by atoms with Crippen LogP contribution in [0.3, 0.4) is 0 Å². The predicted octanol–water partition coefficient (Wildman–Crippen LogP) is 4.29. The van der Waals surface area contributed by atoms with E-state index in [0.717, 1.165) is 26.4 Å². The van der Waals surface area contributed by atoms with Gasteiger partial charge in [0.15, 0.2) is 0 Å². The van der Waals surface area contributed by atoms with E-state index in [1.807, 2.05) is 12.3 Å². The molecule has 3 heterocycles. The number of carbonyl (C=O) groups excluding carboxylic acids is 1. The molecule has 0 aliphatic carbocycles. The van der Waals surface area contributed by atoms with Crippen molar-refractivity contribution in [1.82, 2.24) is 9.97 Å². The van der Waals surface area contributed by atoms with Crippen molar-refractivity contribution in [2.45, 2.75) is 29.7 Å². The Hall–Kier alpha value is -1.99. The number of hydrogen-bond acceptors (Lipinski definition) is 6. The number of hydrogen-bond donors (Lipinski definition) is 0. The summed E-state index contributed by atoms with van der Waals surface area (Å²) < 4.78 is 18.4. The van der Waals surface area contributed by atoms with Crippen LogP contribution in [0.5, 0.6) is 0 Å². The van der Waals surface area contributed by atoms with Gasteiger partial charge in [0.05, 0.1) is 5.39 Å². The minimum Gasteiger partial charge on any atom is -0.462 e. The summed E-state index contributed by atoms with van der Waals surface area (Å²) in [5.41, 5.74) is 1.86. The van der Waals surface area contributed by atoms with Gasteiger partial charge in [-0.1, -0.05) is 23.9 Å². The molecule has 0 saturated carbocycles. The molecule has 122 valence electrons. The Morgan fingerprint density at radius 2 is 2.08 bits per heavy atom. The van der Waals surface area contributed by atoms with Gasteiger partial charge in [-0.25, -0.2) is 14.4 Å². The number of thioether (sulfide) groups is 1. The number of halogens is 1. The van der Waals surface area contributed by atoms with E-state index < -0.39 is 0 Å². The average Bonchev–Trinajstić information content (AvgIpc) is 3.12. The third-order valence-electron chi connectivity index (χ3n) is 3.87. The molecule has 1 fully saturated rings. The molecule has 0 amide bonds. The van der Waals surface area contributed by atoms with Gasteiger partial charge in [-0.15, -0.1) is 11.3 Å². The molecular weight excluding hydrogens is 347 g/mol. The van der Waals surface area contributed by atoms with Crippen LogP contribution in [-0.4, -0.2) is 27.3 Å². The zero-order valence-corrected chi connectivity index (χ0v) is 14.4. The number of benzene rings is 1. The molecule has 1 aliphatic heterocycles. The molecule has 0 spiro atoms. The zero-order chi connectivity index (χ0) is 16.7. The molecule has 2 aromatic heterocycles. The smallest absolute Gasteiger partial charge is 0.319 e. The normalized spacial score (nSPS) is 20.5. The lowest BCUT2D eigenvalue weighted by atomic mass is 10.1. The molecule has 7 heteroatoms. The van der Waals surface area contributed by atoms with Crippen molar-refractivity contribution in [3.63, 3.8) is 0 Å². The monoisotopic (exact) mass is 360 g/mol. The van der Waals surface area contributed by atoms with E-state index in [1.54, 1.807) is 12.1 Å². The van der Waals surface area contributed by atoms with E-state index in [1.165, 1.54) is 41.6 Å². The molecule has 2 atom stereocenters. The van der Waals surface area contributed by atoms with Crippen molar-refractivity contribution in [1.29, 1.82) is 0 Å². The average molecular weight is 360 g/mol. The first-order chi connectivity index (χ1) is 11.6. The van der Waals surface area contributed by atoms with Crippen molar-refractivity contribution in [2.75, 3.05) is 0 Å². The number of carbonyl (C=O) groups is 1. The van der Waals surface area contributed by atoms with Gasteiger partial charge in [-0.3, -0.25) is 4.79 Å². The summed E-state index contributed by atoms with van der Waals surface area (Å²) >= 11 is 2.93. The minimum atomic E-state index is -0.271. The van der Waals surface area contributed by atoms with Crippen LogP contribution in [-0.2, 0) is 9.53 Å². The largest absolute Gasteiger partial charge is 0.462 e. The highest BCUT2D eigenvalue weighted by molar-refractivity contribution is 8.00. The molecule has 3 aromatic rings. The number of aromatic nitrogens is 2. The second kappa shape index (κ2) is 6.14. The number of rotatable bonds is 3. The van der Waals surface area contributed by atoms with Gasteiger partial charge in [0.1, 0.15) is 33.4 Å². The van der Waals surface area contributed by atoms with Crippen molar-refractivity contribution in [3.8, 4) is 11.1 Å². The number of thiophene rings is 1. The van der Waals surface area contributed by atoms with Crippen LogP contribution in [0, 0.1) is 5.82 Å². The molecule has 4 nitrogen and oxygen atoms in total. The number of cyclic esters (lactones) is 1. The lowest BCUT2D eigenvalue weighted by Crippen LogP contribution is -2.09. The molecule has 0 bridgehead atoms. The van der Waals surface area contributed by atoms with Crippen LogP contribution in [0.25, 0.3) is 21.3 Å². The van der Waals surface area contributed by atoms with Crippen LogP contribution in [0.2, 0.25) is 0 Å². The molecule has 1 aromatic carbocycles.